The third-order valence-electron chi connectivity index (χ3n) is 5.76. The van der Waals surface area contributed by atoms with E-state index in [-0.39, 0.29) is 24.5 Å². The van der Waals surface area contributed by atoms with Gasteiger partial charge in [-0.25, -0.2) is 0 Å². The van der Waals surface area contributed by atoms with Gasteiger partial charge in [-0.1, -0.05) is 29.8 Å². The number of amides is 1. The minimum absolute atomic E-state index is 0.0889. The van der Waals surface area contributed by atoms with Crippen molar-refractivity contribution in [3.8, 4) is 5.75 Å². The molecule has 0 aromatic heterocycles. The molecule has 1 atom stereocenters. The van der Waals surface area contributed by atoms with E-state index in [9.17, 15) is 14.7 Å². The van der Waals surface area contributed by atoms with Crippen molar-refractivity contribution in [2.45, 2.75) is 13.0 Å². The lowest BCUT2D eigenvalue weighted by molar-refractivity contribution is -0.140. The van der Waals surface area contributed by atoms with Crippen LogP contribution in [0.15, 0.2) is 48.0 Å². The van der Waals surface area contributed by atoms with Crippen molar-refractivity contribution in [3.05, 3.63) is 64.7 Å². The molecule has 2 aromatic carbocycles. The number of methoxy groups -OCH3 is 1. The first-order chi connectivity index (χ1) is 14.9. The van der Waals surface area contributed by atoms with Gasteiger partial charge in [-0.05, 0) is 30.7 Å². The number of Topliss-reactive ketones (excluding diaryl/α,β-unsaturated/α-hetero) is 1. The van der Waals surface area contributed by atoms with Gasteiger partial charge in [0.1, 0.15) is 18.1 Å². The maximum atomic E-state index is 13.0. The van der Waals surface area contributed by atoms with Crippen LogP contribution in [0.3, 0.4) is 0 Å². The van der Waals surface area contributed by atoms with E-state index in [1.807, 2.05) is 43.1 Å². The number of anilines is 1. The van der Waals surface area contributed by atoms with Gasteiger partial charge in [-0.2, -0.15) is 0 Å². The number of hydrogen-bond donors (Lipinski definition) is 1. The van der Waals surface area contributed by atoms with Crippen molar-refractivity contribution in [2.75, 3.05) is 45.4 Å². The van der Waals surface area contributed by atoms with Crippen LogP contribution in [0, 0.1) is 6.92 Å². The van der Waals surface area contributed by atoms with Crippen molar-refractivity contribution in [1.29, 1.82) is 0 Å². The first-order valence-electron chi connectivity index (χ1n) is 10.2. The molecule has 0 aliphatic carbocycles. The monoisotopic (exact) mass is 422 g/mol. The summed E-state index contributed by atoms with van der Waals surface area (Å²) in [5.41, 5.74) is 3.16. The van der Waals surface area contributed by atoms with E-state index >= 15 is 0 Å². The number of aliphatic hydroxyl groups excluding tert-OH is 1. The van der Waals surface area contributed by atoms with Crippen LogP contribution in [0.5, 0.6) is 5.75 Å². The molecule has 1 N–H and O–H groups in total. The normalized spacial score (nSPS) is 20.0. The van der Waals surface area contributed by atoms with E-state index < -0.39 is 17.7 Å². The Bertz CT molecular complexity index is 1060. The minimum atomic E-state index is -0.692. The zero-order chi connectivity index (χ0) is 22.1. The van der Waals surface area contributed by atoms with Gasteiger partial charge < -0.3 is 24.4 Å². The van der Waals surface area contributed by atoms with Crippen LogP contribution in [0.2, 0.25) is 0 Å². The van der Waals surface area contributed by atoms with Crippen molar-refractivity contribution < 1.29 is 24.2 Å². The van der Waals surface area contributed by atoms with E-state index in [0.717, 1.165) is 29.1 Å². The molecule has 4 rings (SSSR count). The molecule has 0 spiro atoms. The number of ketones is 1. The third kappa shape index (κ3) is 3.77. The minimum Gasteiger partial charge on any atom is -0.507 e. The number of likely N-dealkylation sites (tertiary alicyclic amines) is 1. The van der Waals surface area contributed by atoms with Crippen molar-refractivity contribution in [1.82, 2.24) is 4.90 Å². The summed E-state index contributed by atoms with van der Waals surface area (Å²) in [4.78, 5) is 29.4. The average Bonchev–Trinajstić information content (AvgIpc) is 3.02. The van der Waals surface area contributed by atoms with Crippen LogP contribution in [-0.2, 0) is 14.3 Å². The first kappa shape index (κ1) is 20.9. The summed E-state index contributed by atoms with van der Waals surface area (Å²) in [6.45, 7) is 3.80. The van der Waals surface area contributed by atoms with Crippen molar-refractivity contribution in [2.24, 2.45) is 0 Å². The first-order valence-corrected chi connectivity index (χ1v) is 10.2. The van der Waals surface area contributed by atoms with Crippen LogP contribution in [-0.4, -0.2) is 62.2 Å². The summed E-state index contributed by atoms with van der Waals surface area (Å²) in [6.07, 6.45) is 0. The molecule has 1 amide bonds. The van der Waals surface area contributed by atoms with Gasteiger partial charge >= 0.3 is 0 Å². The second-order valence-electron chi connectivity index (χ2n) is 7.85. The van der Waals surface area contributed by atoms with E-state index in [4.69, 9.17) is 9.47 Å². The summed E-state index contributed by atoms with van der Waals surface area (Å²) in [6, 6.07) is 12.2. The maximum absolute atomic E-state index is 13.0. The summed E-state index contributed by atoms with van der Waals surface area (Å²) < 4.78 is 10.8. The zero-order valence-corrected chi connectivity index (χ0v) is 17.9. The van der Waals surface area contributed by atoms with Crippen LogP contribution in [0.25, 0.3) is 5.76 Å². The van der Waals surface area contributed by atoms with Gasteiger partial charge in [0, 0.05) is 26.3 Å². The third-order valence-corrected chi connectivity index (χ3v) is 5.76. The molecule has 2 aliphatic heterocycles. The molecule has 1 unspecified atom stereocenters. The predicted octanol–water partition coefficient (Wildman–Crippen LogP) is 2.89. The largest absolute Gasteiger partial charge is 0.507 e. The highest BCUT2D eigenvalue weighted by Crippen LogP contribution is 2.41. The number of carbonyl (C=O) groups is 2. The molecule has 1 fully saturated rings. The Balaban J connectivity index is 1.85. The fourth-order valence-electron chi connectivity index (χ4n) is 4.14. The highest BCUT2D eigenvalue weighted by Gasteiger charge is 2.46. The smallest absolute Gasteiger partial charge is 0.295 e. The molecule has 31 heavy (non-hydrogen) atoms. The number of nitrogens with zero attached hydrogens (tertiary/aromatic N) is 2. The number of ether oxygens (including phenoxy) is 2. The molecule has 0 bridgehead atoms. The SMILES string of the molecule is COCCN1C(=O)C(=O)/C(=C(\O)c2ccc3c(c2)N(C)CCO3)C1c1cccc(C)c1. The molecule has 7 heteroatoms. The Labute approximate surface area is 181 Å². The Morgan fingerprint density at radius 1 is 1.23 bits per heavy atom. The number of benzene rings is 2. The number of fused-ring (bicyclic) bond motifs is 1. The summed E-state index contributed by atoms with van der Waals surface area (Å²) in [5.74, 6) is -0.793. The van der Waals surface area contributed by atoms with Crippen molar-refractivity contribution in [3.63, 3.8) is 0 Å². The summed E-state index contributed by atoms with van der Waals surface area (Å²) >= 11 is 0. The highest BCUT2D eigenvalue weighted by molar-refractivity contribution is 6.46. The van der Waals surface area contributed by atoms with Gasteiger partial charge in [0.25, 0.3) is 11.7 Å². The lowest BCUT2D eigenvalue weighted by Gasteiger charge is -2.28. The second kappa shape index (κ2) is 8.43. The standard InChI is InChI=1S/C24H26N2O5/c1-15-5-4-6-16(13-15)21-20(23(28)24(29)26(21)10-11-30-3)22(27)17-7-8-19-18(14-17)25(2)9-12-31-19/h4-8,13-14,21,27H,9-12H2,1-3H3/b22-20-. The molecule has 2 heterocycles. The second-order valence-corrected chi connectivity index (χ2v) is 7.85. The molecular weight excluding hydrogens is 396 g/mol. The molecule has 0 saturated carbocycles. The molecule has 7 nitrogen and oxygen atoms in total. The van der Waals surface area contributed by atoms with E-state index in [1.54, 1.807) is 25.3 Å². The summed E-state index contributed by atoms with van der Waals surface area (Å²) in [5, 5.41) is 11.2. The van der Waals surface area contributed by atoms with Gasteiger partial charge in [-0.3, -0.25) is 9.59 Å². The van der Waals surface area contributed by atoms with Crippen LogP contribution in [0.1, 0.15) is 22.7 Å². The quantitative estimate of drug-likeness (QED) is 0.454. The lowest BCUT2D eigenvalue weighted by atomic mass is 9.94. The number of aryl methyl sites for hydroxylation is 1. The zero-order valence-electron chi connectivity index (χ0n) is 17.9. The van der Waals surface area contributed by atoms with Gasteiger partial charge in [-0.15, -0.1) is 0 Å². The lowest BCUT2D eigenvalue weighted by Crippen LogP contribution is -2.32. The van der Waals surface area contributed by atoms with Crippen LogP contribution < -0.4 is 9.64 Å². The van der Waals surface area contributed by atoms with E-state index in [2.05, 4.69) is 0 Å². The van der Waals surface area contributed by atoms with Gasteiger partial charge in [0.05, 0.1) is 30.5 Å². The van der Waals surface area contributed by atoms with Crippen LogP contribution >= 0.6 is 0 Å². The number of hydrogen-bond acceptors (Lipinski definition) is 6. The average molecular weight is 422 g/mol. The van der Waals surface area contributed by atoms with E-state index in [0.29, 0.717) is 12.2 Å². The molecule has 1 saturated heterocycles. The highest BCUT2D eigenvalue weighted by atomic mass is 16.5. The molecule has 2 aliphatic rings. The molecule has 2 aromatic rings. The predicted molar refractivity (Wildman–Crippen MR) is 117 cm³/mol. The molecule has 162 valence electrons. The Morgan fingerprint density at radius 3 is 2.77 bits per heavy atom. The number of carbonyl (C=O) groups excluding carboxylic acids is 2. The number of likely N-dealkylation sites (N-methyl/N-ethyl adjacent to an activating group) is 1. The Morgan fingerprint density at radius 2 is 2.03 bits per heavy atom. The summed E-state index contributed by atoms with van der Waals surface area (Å²) in [7, 11) is 3.49. The van der Waals surface area contributed by atoms with Gasteiger partial charge in [0.2, 0.25) is 0 Å². The Kier molecular flexibility index (Phi) is 5.69. The van der Waals surface area contributed by atoms with Crippen LogP contribution in [0.4, 0.5) is 5.69 Å². The maximum Gasteiger partial charge on any atom is 0.295 e. The number of aliphatic hydroxyl groups is 1. The van der Waals surface area contributed by atoms with E-state index in [1.165, 1.54) is 4.90 Å². The Hall–Kier alpha value is -3.32. The van der Waals surface area contributed by atoms with Crippen molar-refractivity contribution >= 4 is 23.1 Å². The topological polar surface area (TPSA) is 79.3 Å². The number of rotatable bonds is 5. The van der Waals surface area contributed by atoms with Gasteiger partial charge in [0.15, 0.2) is 0 Å². The molecular formula is C24H26N2O5. The fourth-order valence-corrected chi connectivity index (χ4v) is 4.14. The molecule has 0 radical (unpaired) electrons. The fraction of sp³-hybridized carbons (Fsp3) is 0.333.